The van der Waals surface area contributed by atoms with E-state index in [1.165, 1.54) is 17.6 Å². The fourth-order valence-electron chi connectivity index (χ4n) is 2.39. The highest BCUT2D eigenvalue weighted by atomic mass is 16.6. The molecule has 3 aromatic heterocycles. The van der Waals surface area contributed by atoms with Gasteiger partial charge in [0.05, 0.1) is 0 Å². The zero-order valence-electron chi connectivity index (χ0n) is 10.6. The van der Waals surface area contributed by atoms with E-state index in [-0.39, 0.29) is 0 Å². The maximum atomic E-state index is 4.86. The van der Waals surface area contributed by atoms with Crippen molar-refractivity contribution >= 4 is 17.1 Å². The number of fused-ring (bicyclic) bond motifs is 1. The van der Waals surface area contributed by atoms with Crippen molar-refractivity contribution in [2.24, 2.45) is 0 Å². The van der Waals surface area contributed by atoms with Gasteiger partial charge >= 0.3 is 5.82 Å². The van der Waals surface area contributed by atoms with Gasteiger partial charge in [-0.15, -0.1) is 9.43 Å². The molecule has 0 amide bonds. The smallest absolute Gasteiger partial charge is 0.347 e. The molecule has 104 valence electrons. The lowest BCUT2D eigenvalue weighted by Gasteiger charge is -2.16. The van der Waals surface area contributed by atoms with E-state index in [0.717, 1.165) is 25.9 Å². The van der Waals surface area contributed by atoms with Crippen molar-refractivity contribution in [2.75, 3.05) is 18.0 Å². The Bertz CT molecular complexity index is 679. The van der Waals surface area contributed by atoms with Gasteiger partial charge in [0.1, 0.15) is 5.65 Å². The molecule has 4 heterocycles. The van der Waals surface area contributed by atoms with Crippen LogP contribution < -0.4 is 14.8 Å². The lowest BCUT2D eigenvalue weighted by atomic mass is 10.2. The molecule has 4 rings (SSSR count). The summed E-state index contributed by atoms with van der Waals surface area (Å²) in [6, 6.07) is 0. The molecule has 10 nitrogen and oxygen atoms in total. The third kappa shape index (κ3) is 1.80. The number of hydrogen-bond acceptors (Lipinski definition) is 8. The topological polar surface area (TPSA) is 112 Å². The summed E-state index contributed by atoms with van der Waals surface area (Å²) < 4.78 is 9.39. The third-order valence-electron chi connectivity index (χ3n) is 3.38. The van der Waals surface area contributed by atoms with Crippen LogP contribution in [0.3, 0.4) is 0 Å². The predicted molar refractivity (Wildman–Crippen MR) is 63.0 cm³/mol. The molecule has 1 aliphatic heterocycles. The average Bonchev–Trinajstić information content (AvgIpc) is 3.10. The van der Waals surface area contributed by atoms with Gasteiger partial charge in [0.25, 0.3) is 5.82 Å². The van der Waals surface area contributed by atoms with Crippen LogP contribution in [0.25, 0.3) is 17.1 Å². The molecule has 1 fully saturated rings. The minimum Gasteiger partial charge on any atom is -0.347 e. The van der Waals surface area contributed by atoms with Crippen molar-refractivity contribution in [3.63, 3.8) is 0 Å². The Morgan fingerprint density at radius 3 is 2.55 bits per heavy atom. The second-order valence-corrected chi connectivity index (χ2v) is 4.71. The van der Waals surface area contributed by atoms with Gasteiger partial charge in [0, 0.05) is 18.2 Å². The quantitative estimate of drug-likeness (QED) is 0.577. The molecular formula is C10H12N8O2. The number of hydrogen-bond donors (Lipinski definition) is 0. The zero-order valence-corrected chi connectivity index (χ0v) is 10.6. The van der Waals surface area contributed by atoms with E-state index in [1.807, 2.05) is 0 Å². The molecule has 0 unspecified atom stereocenters. The van der Waals surface area contributed by atoms with Crippen LogP contribution in [-0.4, -0.2) is 38.8 Å². The van der Waals surface area contributed by atoms with Gasteiger partial charge in [0.2, 0.25) is 0 Å². The van der Waals surface area contributed by atoms with Crippen LogP contribution in [0, 0.1) is 0 Å². The lowest BCUT2D eigenvalue weighted by Crippen LogP contribution is -2.41. The molecule has 0 aliphatic carbocycles. The minimum absolute atomic E-state index is 0.329. The average molecular weight is 276 g/mol. The summed E-state index contributed by atoms with van der Waals surface area (Å²) in [5, 5.41) is 23.4. The van der Waals surface area contributed by atoms with E-state index < -0.39 is 0 Å². The Labute approximate surface area is 112 Å². The monoisotopic (exact) mass is 276 g/mol. The SMILES string of the molecule is C1CCCN(c2nonc2-[n+]2nc3nonc3[n-]2)CC1. The van der Waals surface area contributed by atoms with Crippen LogP contribution in [0.4, 0.5) is 5.82 Å². The summed E-state index contributed by atoms with van der Waals surface area (Å²) >= 11 is 0. The van der Waals surface area contributed by atoms with E-state index in [1.54, 1.807) is 0 Å². The Kier molecular flexibility index (Phi) is 2.57. The molecule has 0 bridgehead atoms. The summed E-state index contributed by atoms with van der Waals surface area (Å²) in [6.07, 6.45) is 4.74. The maximum Gasteiger partial charge on any atom is 0.441 e. The molecule has 1 aliphatic rings. The zero-order chi connectivity index (χ0) is 13.4. The molecule has 0 radical (unpaired) electrons. The molecule has 0 atom stereocenters. The van der Waals surface area contributed by atoms with Crippen molar-refractivity contribution in [2.45, 2.75) is 25.7 Å². The molecule has 0 N–H and O–H groups in total. The summed E-state index contributed by atoms with van der Waals surface area (Å²) in [7, 11) is 0. The summed E-state index contributed by atoms with van der Waals surface area (Å²) in [4.78, 5) is 3.48. The van der Waals surface area contributed by atoms with Crippen LogP contribution in [0.2, 0.25) is 0 Å². The van der Waals surface area contributed by atoms with Crippen molar-refractivity contribution < 1.29 is 14.1 Å². The molecular weight excluding hydrogens is 264 g/mol. The van der Waals surface area contributed by atoms with Gasteiger partial charge in [-0.1, -0.05) is 18.0 Å². The summed E-state index contributed by atoms with van der Waals surface area (Å²) in [5.74, 6) is 1.10. The van der Waals surface area contributed by atoms with E-state index in [9.17, 15) is 0 Å². The Balaban J connectivity index is 1.71. The lowest BCUT2D eigenvalue weighted by molar-refractivity contribution is -0.719. The highest BCUT2D eigenvalue weighted by molar-refractivity contribution is 5.60. The van der Waals surface area contributed by atoms with Crippen LogP contribution >= 0.6 is 0 Å². The third-order valence-corrected chi connectivity index (χ3v) is 3.38. The second-order valence-electron chi connectivity index (χ2n) is 4.71. The summed E-state index contributed by atoms with van der Waals surface area (Å²) in [6.45, 7) is 1.86. The highest BCUT2D eigenvalue weighted by Gasteiger charge is 2.28. The summed E-state index contributed by atoms with van der Waals surface area (Å²) in [5.41, 5.74) is 0.657. The van der Waals surface area contributed by atoms with Crippen molar-refractivity contribution in [3.05, 3.63) is 0 Å². The molecule has 20 heavy (non-hydrogen) atoms. The van der Waals surface area contributed by atoms with Gasteiger partial charge in [-0.3, -0.25) is 0 Å². The van der Waals surface area contributed by atoms with Crippen molar-refractivity contribution in [1.29, 1.82) is 0 Å². The predicted octanol–water partition coefficient (Wildman–Crippen LogP) is -0.385. The number of nitrogens with zero attached hydrogens (tertiary/aromatic N) is 8. The molecule has 1 saturated heterocycles. The first-order chi connectivity index (χ1) is 9.92. The first-order valence-corrected chi connectivity index (χ1v) is 6.55. The first kappa shape index (κ1) is 11.3. The van der Waals surface area contributed by atoms with Gasteiger partial charge in [-0.2, -0.15) is 15.4 Å². The van der Waals surface area contributed by atoms with Crippen LogP contribution in [0.15, 0.2) is 9.26 Å². The Hall–Kier alpha value is -2.52. The fraction of sp³-hybridized carbons (Fsp3) is 0.600. The van der Waals surface area contributed by atoms with E-state index in [0.29, 0.717) is 22.9 Å². The Morgan fingerprint density at radius 2 is 1.75 bits per heavy atom. The van der Waals surface area contributed by atoms with E-state index in [4.69, 9.17) is 4.63 Å². The van der Waals surface area contributed by atoms with Gasteiger partial charge in [-0.25, -0.2) is 0 Å². The molecule has 0 aromatic carbocycles. The van der Waals surface area contributed by atoms with E-state index >= 15 is 0 Å². The van der Waals surface area contributed by atoms with Crippen molar-refractivity contribution in [1.82, 2.24) is 30.8 Å². The highest BCUT2D eigenvalue weighted by Crippen LogP contribution is 2.20. The molecule has 3 aromatic rings. The number of rotatable bonds is 2. The van der Waals surface area contributed by atoms with Gasteiger partial charge in [-0.05, 0) is 12.8 Å². The molecule has 10 heteroatoms. The normalized spacial score (nSPS) is 16.7. The van der Waals surface area contributed by atoms with E-state index in [2.05, 4.69) is 40.4 Å². The van der Waals surface area contributed by atoms with Gasteiger partial charge < -0.3 is 9.53 Å². The van der Waals surface area contributed by atoms with Crippen LogP contribution in [0.1, 0.15) is 25.7 Å². The first-order valence-electron chi connectivity index (χ1n) is 6.55. The molecule has 0 spiro atoms. The van der Waals surface area contributed by atoms with Crippen LogP contribution in [0.5, 0.6) is 0 Å². The van der Waals surface area contributed by atoms with Gasteiger partial charge in [0.15, 0.2) is 10.8 Å². The minimum atomic E-state index is 0.329. The number of anilines is 1. The standard InChI is InChI=1S/C10H12N8O2/c1-2-4-6-17(5-3-1)9-10(16-20-15-9)18-11-7-8(12-18)14-19-13-7/h1-6H2. The Morgan fingerprint density at radius 1 is 0.950 bits per heavy atom. The van der Waals surface area contributed by atoms with Crippen LogP contribution in [-0.2, 0) is 0 Å². The number of aromatic nitrogens is 7. The maximum absolute atomic E-state index is 4.86. The van der Waals surface area contributed by atoms with Crippen molar-refractivity contribution in [3.8, 4) is 5.82 Å². The fourth-order valence-corrected chi connectivity index (χ4v) is 2.39. The largest absolute Gasteiger partial charge is 0.441 e. The second kappa shape index (κ2) is 4.54. The molecule has 0 saturated carbocycles.